The van der Waals surface area contributed by atoms with Crippen molar-refractivity contribution in [1.82, 2.24) is 0 Å². The maximum atomic E-state index is 11.3. The summed E-state index contributed by atoms with van der Waals surface area (Å²) in [6.45, 7) is 1.20. The molecule has 5 nitrogen and oxygen atoms in total. The molecule has 0 spiro atoms. The molecule has 3 aromatic carbocycles. The molecule has 29 heavy (non-hydrogen) atoms. The molecule has 0 fully saturated rings. The van der Waals surface area contributed by atoms with Gasteiger partial charge in [0.05, 0.1) is 18.7 Å². The summed E-state index contributed by atoms with van der Waals surface area (Å²) < 4.78 is 6.33. The zero-order valence-electron chi connectivity index (χ0n) is 16.3. The quantitative estimate of drug-likeness (QED) is 0.691. The van der Waals surface area contributed by atoms with Crippen LogP contribution in [0.1, 0.15) is 22.8 Å². The van der Waals surface area contributed by atoms with Gasteiger partial charge < -0.3 is 20.5 Å². The number of aliphatic carboxylic acids is 1. The Kier molecular flexibility index (Phi) is 5.23. The molecule has 148 valence electrons. The molecule has 0 aliphatic carbocycles. The van der Waals surface area contributed by atoms with Crippen molar-refractivity contribution in [3.63, 3.8) is 0 Å². The van der Waals surface area contributed by atoms with Gasteiger partial charge in [0.15, 0.2) is 0 Å². The topological polar surface area (TPSA) is 75.8 Å². The van der Waals surface area contributed by atoms with Crippen molar-refractivity contribution in [1.29, 1.82) is 0 Å². The van der Waals surface area contributed by atoms with Gasteiger partial charge in [0, 0.05) is 19.2 Å². The van der Waals surface area contributed by atoms with Crippen molar-refractivity contribution in [2.45, 2.75) is 19.1 Å². The van der Waals surface area contributed by atoms with Crippen molar-refractivity contribution in [3.05, 3.63) is 83.4 Å². The normalized spacial score (nSPS) is 15.5. The van der Waals surface area contributed by atoms with Crippen LogP contribution in [0.2, 0.25) is 0 Å². The molecule has 0 saturated carbocycles. The van der Waals surface area contributed by atoms with Gasteiger partial charge in [-0.1, -0.05) is 48.5 Å². The molecule has 5 heteroatoms. The number of carboxylic acid groups (broad SMARTS) is 1. The molecule has 1 aliphatic rings. The minimum absolute atomic E-state index is 0.0599. The summed E-state index contributed by atoms with van der Waals surface area (Å²) in [5.41, 5.74) is 11.8. The van der Waals surface area contributed by atoms with Crippen LogP contribution in [0.25, 0.3) is 11.1 Å². The van der Waals surface area contributed by atoms with E-state index in [0.717, 1.165) is 27.9 Å². The Bertz CT molecular complexity index is 1050. The predicted molar refractivity (Wildman–Crippen MR) is 114 cm³/mol. The fraction of sp³-hybridized carbons (Fsp3) is 0.208. The number of anilines is 1. The zero-order valence-corrected chi connectivity index (χ0v) is 16.3. The average molecular weight is 388 g/mol. The lowest BCUT2D eigenvalue weighted by Crippen LogP contribution is -2.32. The number of nitrogens with two attached hydrogens (primary N) is 1. The maximum absolute atomic E-state index is 11.3. The summed E-state index contributed by atoms with van der Waals surface area (Å²) in [5.74, 6) is -0.210. The zero-order chi connectivity index (χ0) is 20.4. The molecular formula is C24H24N2O3. The standard InChI is InChI=1S/C24H24N2O3/c1-26-15-22(29-24-20(13-23(27)28)9-4-10-21(24)26)19-8-3-7-18(12-19)17-6-2-5-16(11-17)14-25/h2-12,22H,13-15,25H2,1H3,(H,27,28)/t22-/m1/s1. The number of para-hydroxylation sites is 1. The van der Waals surface area contributed by atoms with E-state index in [9.17, 15) is 9.90 Å². The molecule has 0 unspecified atom stereocenters. The van der Waals surface area contributed by atoms with Gasteiger partial charge in [-0.05, 0) is 40.5 Å². The number of nitrogens with zero attached hydrogens (tertiary/aromatic N) is 1. The van der Waals surface area contributed by atoms with Crippen molar-refractivity contribution in [2.24, 2.45) is 5.73 Å². The second-order valence-corrected chi connectivity index (χ2v) is 7.35. The Morgan fingerprint density at radius 1 is 1.10 bits per heavy atom. The number of hydrogen-bond donors (Lipinski definition) is 2. The first-order chi connectivity index (χ1) is 14.0. The minimum Gasteiger partial charge on any atom is -0.481 e. The Morgan fingerprint density at radius 2 is 1.83 bits per heavy atom. The van der Waals surface area contributed by atoms with Gasteiger partial charge in [-0.25, -0.2) is 0 Å². The Balaban J connectivity index is 1.67. The van der Waals surface area contributed by atoms with Crippen LogP contribution in [0.15, 0.2) is 66.7 Å². The number of benzene rings is 3. The lowest BCUT2D eigenvalue weighted by atomic mass is 9.98. The average Bonchev–Trinajstić information content (AvgIpc) is 2.74. The SMILES string of the molecule is CN1C[C@H](c2cccc(-c3cccc(CN)c3)c2)Oc2c(CC(=O)O)cccc21. The van der Waals surface area contributed by atoms with Crippen molar-refractivity contribution < 1.29 is 14.6 Å². The first-order valence-corrected chi connectivity index (χ1v) is 9.66. The minimum atomic E-state index is -0.867. The summed E-state index contributed by atoms with van der Waals surface area (Å²) in [6.07, 6.45) is -0.240. The highest BCUT2D eigenvalue weighted by molar-refractivity contribution is 5.74. The van der Waals surface area contributed by atoms with E-state index in [4.69, 9.17) is 10.5 Å². The molecule has 0 saturated heterocycles. The summed E-state index contributed by atoms with van der Waals surface area (Å²) >= 11 is 0. The Morgan fingerprint density at radius 3 is 2.59 bits per heavy atom. The summed E-state index contributed by atoms with van der Waals surface area (Å²) in [5, 5.41) is 9.24. The first kappa shape index (κ1) is 19.0. The third-order valence-corrected chi connectivity index (χ3v) is 5.28. The van der Waals surface area contributed by atoms with Crippen LogP contribution in [-0.4, -0.2) is 24.7 Å². The molecule has 1 atom stereocenters. The molecular weight excluding hydrogens is 364 g/mol. The van der Waals surface area contributed by atoms with Gasteiger partial charge in [-0.15, -0.1) is 0 Å². The molecule has 3 N–H and O–H groups in total. The maximum Gasteiger partial charge on any atom is 0.307 e. The van der Waals surface area contributed by atoms with E-state index in [1.165, 1.54) is 0 Å². The highest BCUT2D eigenvalue weighted by Gasteiger charge is 2.27. The van der Waals surface area contributed by atoms with Crippen LogP contribution in [0.5, 0.6) is 5.75 Å². The van der Waals surface area contributed by atoms with Crippen LogP contribution < -0.4 is 15.4 Å². The molecule has 4 rings (SSSR count). The molecule has 0 aromatic heterocycles. The van der Waals surface area contributed by atoms with Crippen molar-refractivity contribution in [3.8, 4) is 16.9 Å². The van der Waals surface area contributed by atoms with E-state index in [0.29, 0.717) is 24.4 Å². The number of ether oxygens (including phenoxy) is 1. The van der Waals surface area contributed by atoms with Crippen molar-refractivity contribution >= 4 is 11.7 Å². The largest absolute Gasteiger partial charge is 0.481 e. The number of carbonyl (C=O) groups is 1. The molecule has 0 amide bonds. The lowest BCUT2D eigenvalue weighted by Gasteiger charge is -2.35. The van der Waals surface area contributed by atoms with E-state index in [1.807, 2.05) is 43.4 Å². The number of fused-ring (bicyclic) bond motifs is 1. The highest BCUT2D eigenvalue weighted by atomic mass is 16.5. The fourth-order valence-corrected chi connectivity index (χ4v) is 3.81. The van der Waals surface area contributed by atoms with Gasteiger partial charge in [-0.2, -0.15) is 0 Å². The molecule has 0 radical (unpaired) electrons. The number of likely N-dealkylation sites (N-methyl/N-ethyl adjacent to an activating group) is 1. The van der Waals surface area contributed by atoms with E-state index in [1.54, 1.807) is 0 Å². The smallest absolute Gasteiger partial charge is 0.307 e. The van der Waals surface area contributed by atoms with E-state index in [-0.39, 0.29) is 12.5 Å². The molecule has 1 heterocycles. The predicted octanol–water partition coefficient (Wildman–Crippen LogP) is 4.01. The van der Waals surface area contributed by atoms with Gasteiger partial charge in [0.2, 0.25) is 0 Å². The van der Waals surface area contributed by atoms with E-state index < -0.39 is 5.97 Å². The van der Waals surface area contributed by atoms with Crippen LogP contribution >= 0.6 is 0 Å². The van der Waals surface area contributed by atoms with Crippen LogP contribution in [0.4, 0.5) is 5.69 Å². The fourth-order valence-electron chi connectivity index (χ4n) is 3.81. The third kappa shape index (κ3) is 3.96. The van der Waals surface area contributed by atoms with E-state index >= 15 is 0 Å². The van der Waals surface area contributed by atoms with Crippen LogP contribution in [0, 0.1) is 0 Å². The summed E-state index contributed by atoms with van der Waals surface area (Å²) in [4.78, 5) is 13.4. The Labute approximate surface area is 170 Å². The number of rotatable bonds is 5. The first-order valence-electron chi connectivity index (χ1n) is 9.66. The van der Waals surface area contributed by atoms with Crippen LogP contribution in [-0.2, 0) is 17.8 Å². The van der Waals surface area contributed by atoms with Crippen LogP contribution in [0.3, 0.4) is 0 Å². The second kappa shape index (κ2) is 7.97. The molecule has 1 aliphatic heterocycles. The van der Waals surface area contributed by atoms with Gasteiger partial charge in [0.1, 0.15) is 11.9 Å². The Hall–Kier alpha value is -3.31. The lowest BCUT2D eigenvalue weighted by molar-refractivity contribution is -0.136. The highest BCUT2D eigenvalue weighted by Crippen LogP contribution is 2.40. The van der Waals surface area contributed by atoms with Gasteiger partial charge in [0.25, 0.3) is 0 Å². The van der Waals surface area contributed by atoms with Crippen molar-refractivity contribution in [2.75, 3.05) is 18.5 Å². The van der Waals surface area contributed by atoms with E-state index in [2.05, 4.69) is 35.2 Å². The monoisotopic (exact) mass is 388 g/mol. The number of carboxylic acids is 1. The van der Waals surface area contributed by atoms with Gasteiger partial charge in [-0.3, -0.25) is 4.79 Å². The van der Waals surface area contributed by atoms with Gasteiger partial charge >= 0.3 is 5.97 Å². The summed E-state index contributed by atoms with van der Waals surface area (Å²) in [7, 11) is 2.01. The molecule has 3 aromatic rings. The second-order valence-electron chi connectivity index (χ2n) is 7.35. The third-order valence-electron chi connectivity index (χ3n) is 5.28. The molecule has 0 bridgehead atoms. The summed E-state index contributed by atoms with van der Waals surface area (Å²) in [6, 6.07) is 22.2. The number of hydrogen-bond acceptors (Lipinski definition) is 4.